The van der Waals surface area contributed by atoms with E-state index in [9.17, 15) is 22.4 Å². The van der Waals surface area contributed by atoms with Crippen molar-refractivity contribution in [1.82, 2.24) is 29.0 Å². The Kier molecular flexibility index (Phi) is 8.18. The summed E-state index contributed by atoms with van der Waals surface area (Å²) in [5.74, 6) is -0.749. The second-order valence-electron chi connectivity index (χ2n) is 10.9. The minimum absolute atomic E-state index is 0.0178. The van der Waals surface area contributed by atoms with E-state index in [2.05, 4.69) is 15.4 Å². The molecular weight excluding hydrogens is 599 g/mol. The molecule has 228 valence electrons. The molecule has 0 unspecified atom stereocenters. The molecule has 0 aliphatic carbocycles. The number of sulfonamides is 1. The van der Waals surface area contributed by atoms with Crippen molar-refractivity contribution in [3.63, 3.8) is 0 Å². The Bertz CT molecular complexity index is 1880. The molecule has 1 aliphatic heterocycles. The maximum Gasteiger partial charge on any atom is 0.285 e. The predicted octanol–water partition coefficient (Wildman–Crippen LogP) is 3.64. The van der Waals surface area contributed by atoms with Crippen LogP contribution in [-0.4, -0.2) is 58.0 Å². The summed E-state index contributed by atoms with van der Waals surface area (Å²) in [4.78, 5) is 37.4. The first-order valence-electron chi connectivity index (χ1n) is 13.6. The highest BCUT2D eigenvalue weighted by Gasteiger charge is 2.26. The summed E-state index contributed by atoms with van der Waals surface area (Å²) >= 11 is 6.02. The number of hydrogen-bond donors (Lipinski definition) is 2. The number of aromatic nitrogens is 5. The molecule has 1 amide bonds. The van der Waals surface area contributed by atoms with Gasteiger partial charge in [0.25, 0.3) is 11.5 Å². The lowest BCUT2D eigenvalue weighted by Gasteiger charge is -2.33. The number of fused-ring (bicyclic) bond motifs is 1. The van der Waals surface area contributed by atoms with Crippen molar-refractivity contribution >= 4 is 50.1 Å². The first kappa shape index (κ1) is 30.4. The van der Waals surface area contributed by atoms with Crippen LogP contribution in [0.5, 0.6) is 0 Å². The summed E-state index contributed by atoms with van der Waals surface area (Å²) < 4.78 is 42.4. The predicted molar refractivity (Wildman–Crippen MR) is 163 cm³/mol. The van der Waals surface area contributed by atoms with Gasteiger partial charge in [0, 0.05) is 25.7 Å². The van der Waals surface area contributed by atoms with E-state index in [0.29, 0.717) is 54.0 Å². The van der Waals surface area contributed by atoms with E-state index in [1.807, 2.05) is 29.5 Å². The number of pyridine rings is 1. The van der Waals surface area contributed by atoms with E-state index in [1.54, 1.807) is 29.3 Å². The van der Waals surface area contributed by atoms with Crippen LogP contribution >= 0.6 is 11.6 Å². The van der Waals surface area contributed by atoms with Crippen LogP contribution in [0.1, 0.15) is 59.2 Å². The maximum absolute atomic E-state index is 13.9. The molecule has 0 saturated carbocycles. The molecule has 1 aliphatic rings. The van der Waals surface area contributed by atoms with Gasteiger partial charge < -0.3 is 10.2 Å². The van der Waals surface area contributed by atoms with Gasteiger partial charge in [-0.05, 0) is 57.4 Å². The second-order valence-corrected chi connectivity index (χ2v) is 13.0. The number of nitrogens with zero attached hydrogens (tertiary/aromatic N) is 6. The number of piperidine rings is 1. The Labute approximate surface area is 252 Å². The van der Waals surface area contributed by atoms with Crippen molar-refractivity contribution < 1.29 is 17.6 Å². The van der Waals surface area contributed by atoms with Crippen molar-refractivity contribution in [3.8, 4) is 0 Å². The number of halogens is 2. The quantitative estimate of drug-likeness (QED) is 0.292. The number of hydrogen-bond acceptors (Lipinski definition) is 9. The van der Waals surface area contributed by atoms with Gasteiger partial charge in [0.1, 0.15) is 5.15 Å². The molecule has 3 aromatic heterocycles. The summed E-state index contributed by atoms with van der Waals surface area (Å²) in [5, 5.41) is 7.98. The topological polar surface area (TPSA) is 144 Å². The molecule has 2 N–H and O–H groups in total. The number of aryl methyl sites for hydroxylation is 2. The van der Waals surface area contributed by atoms with Crippen molar-refractivity contribution in [3.05, 3.63) is 74.3 Å². The Hall–Kier alpha value is -4.04. The first-order chi connectivity index (χ1) is 20.2. The van der Waals surface area contributed by atoms with Crippen LogP contribution in [0.2, 0.25) is 5.15 Å². The van der Waals surface area contributed by atoms with Crippen molar-refractivity contribution in [2.24, 2.45) is 7.05 Å². The van der Waals surface area contributed by atoms with Crippen molar-refractivity contribution in [1.29, 1.82) is 0 Å². The zero-order valence-corrected chi connectivity index (χ0v) is 25.9. The van der Waals surface area contributed by atoms with Gasteiger partial charge in [-0.25, -0.2) is 27.5 Å². The molecule has 12 nitrogen and oxygen atoms in total. The fourth-order valence-electron chi connectivity index (χ4n) is 5.38. The highest BCUT2D eigenvalue weighted by molar-refractivity contribution is 7.89. The summed E-state index contributed by atoms with van der Waals surface area (Å²) in [7, 11) is -2.15. The fourth-order valence-corrected chi connectivity index (χ4v) is 5.96. The molecule has 5 rings (SSSR count). The number of anilines is 2. The Morgan fingerprint density at radius 3 is 2.49 bits per heavy atom. The van der Waals surface area contributed by atoms with Gasteiger partial charge in [-0.2, -0.15) is 5.10 Å². The molecule has 1 fully saturated rings. The molecule has 1 saturated heterocycles. The van der Waals surface area contributed by atoms with Gasteiger partial charge in [0.15, 0.2) is 11.5 Å². The van der Waals surface area contributed by atoms with E-state index < -0.39 is 22.0 Å². The van der Waals surface area contributed by atoms with Gasteiger partial charge in [0.05, 0.1) is 46.8 Å². The normalized spacial score (nSPS) is 15.1. The standard InChI is InChI=1S/C28H32ClFN8O4S/c1-15-12-19(16(2)31-22-6-7-23(29)32-25(22)26(39)35-43(5,41)42)24-20(13-15)27(40)36(4)28(33-24)37-10-8-18(9-11-37)38-14-21(30)17(3)34-38/h6-7,12-14,16,18,31H,8-11H2,1-5H3,(H,35,39)/t16-/m1/s1. The van der Waals surface area contributed by atoms with E-state index in [0.717, 1.165) is 11.8 Å². The molecule has 1 atom stereocenters. The second kappa shape index (κ2) is 11.6. The van der Waals surface area contributed by atoms with Gasteiger partial charge >= 0.3 is 0 Å². The third-order valence-electron chi connectivity index (χ3n) is 7.50. The Morgan fingerprint density at radius 2 is 1.86 bits per heavy atom. The number of benzene rings is 1. The molecule has 0 spiro atoms. The maximum atomic E-state index is 13.9. The van der Waals surface area contributed by atoms with Crippen LogP contribution in [-0.2, 0) is 17.1 Å². The third kappa shape index (κ3) is 6.34. The fraction of sp³-hybridized carbons (Fsp3) is 0.393. The van der Waals surface area contributed by atoms with E-state index in [1.165, 1.54) is 18.3 Å². The highest BCUT2D eigenvalue weighted by Crippen LogP contribution is 2.31. The zero-order valence-electron chi connectivity index (χ0n) is 24.4. The highest BCUT2D eigenvalue weighted by atomic mass is 35.5. The lowest BCUT2D eigenvalue weighted by atomic mass is 10.0. The van der Waals surface area contributed by atoms with Gasteiger partial charge in [-0.15, -0.1) is 0 Å². The van der Waals surface area contributed by atoms with Gasteiger partial charge in [0.2, 0.25) is 16.0 Å². The zero-order chi connectivity index (χ0) is 31.2. The lowest BCUT2D eigenvalue weighted by molar-refractivity contribution is 0.0977. The van der Waals surface area contributed by atoms with Crippen LogP contribution in [0, 0.1) is 19.7 Å². The number of carbonyl (C=O) groups is 1. The first-order valence-corrected chi connectivity index (χ1v) is 15.9. The van der Waals surface area contributed by atoms with Gasteiger partial charge in [-0.1, -0.05) is 17.7 Å². The monoisotopic (exact) mass is 630 g/mol. The number of nitrogens with one attached hydrogen (secondary N) is 2. The molecule has 0 radical (unpaired) electrons. The van der Waals surface area contributed by atoms with Crippen LogP contribution in [0.4, 0.5) is 16.0 Å². The largest absolute Gasteiger partial charge is 0.377 e. The van der Waals surface area contributed by atoms with Crippen LogP contribution < -0.4 is 20.5 Å². The third-order valence-corrected chi connectivity index (χ3v) is 8.27. The van der Waals surface area contributed by atoms with Crippen molar-refractivity contribution in [2.75, 3.05) is 29.6 Å². The molecule has 4 heterocycles. The average Bonchev–Trinajstić information content (AvgIpc) is 3.28. The molecular formula is C28H32ClFN8O4S. The Morgan fingerprint density at radius 1 is 1.16 bits per heavy atom. The number of carbonyl (C=O) groups excluding carboxylic acids is 1. The van der Waals surface area contributed by atoms with E-state index in [4.69, 9.17) is 16.6 Å². The Balaban J connectivity index is 1.48. The van der Waals surface area contributed by atoms with E-state index >= 15 is 0 Å². The SMILES string of the molecule is Cc1cc([C@@H](C)Nc2ccc(Cl)nc2C(=O)NS(C)(=O)=O)c2nc(N3CCC(n4cc(F)c(C)n4)CC3)n(C)c(=O)c2c1. The lowest BCUT2D eigenvalue weighted by Crippen LogP contribution is -2.39. The molecule has 1 aromatic carbocycles. The molecule has 4 aromatic rings. The number of rotatable bonds is 7. The molecule has 0 bridgehead atoms. The van der Waals surface area contributed by atoms with Crippen molar-refractivity contribution in [2.45, 2.75) is 45.7 Å². The smallest absolute Gasteiger partial charge is 0.285 e. The van der Waals surface area contributed by atoms with Crippen LogP contribution in [0.25, 0.3) is 10.9 Å². The summed E-state index contributed by atoms with van der Waals surface area (Å²) in [6.45, 7) is 6.56. The van der Waals surface area contributed by atoms with Gasteiger partial charge in [-0.3, -0.25) is 18.8 Å². The average molecular weight is 631 g/mol. The summed E-state index contributed by atoms with van der Waals surface area (Å²) in [5.41, 5.74) is 2.27. The minimum atomic E-state index is -3.84. The van der Waals surface area contributed by atoms with E-state index in [-0.39, 0.29) is 34.0 Å². The number of amides is 1. The molecule has 15 heteroatoms. The van der Waals surface area contributed by atoms with Crippen LogP contribution in [0.15, 0.2) is 35.3 Å². The molecule has 43 heavy (non-hydrogen) atoms. The summed E-state index contributed by atoms with van der Waals surface area (Å²) in [6.07, 6.45) is 3.70. The minimum Gasteiger partial charge on any atom is -0.377 e. The van der Waals surface area contributed by atoms with Crippen LogP contribution in [0.3, 0.4) is 0 Å². The summed E-state index contributed by atoms with van der Waals surface area (Å²) in [6, 6.07) is 6.29.